The van der Waals surface area contributed by atoms with Crippen molar-refractivity contribution in [3.63, 3.8) is 0 Å². The van der Waals surface area contributed by atoms with Crippen LogP contribution in [0.3, 0.4) is 0 Å². The molecular formula is C17H15ClN2O4. The van der Waals surface area contributed by atoms with E-state index in [0.29, 0.717) is 21.9 Å². The molecule has 0 heterocycles. The van der Waals surface area contributed by atoms with Gasteiger partial charge in [-0.1, -0.05) is 11.6 Å². The second-order valence-electron chi connectivity index (χ2n) is 4.73. The van der Waals surface area contributed by atoms with Gasteiger partial charge < -0.3 is 9.47 Å². The molecule has 1 amide bonds. The Labute approximate surface area is 144 Å². The molecule has 7 heteroatoms. The molecule has 0 spiro atoms. The van der Waals surface area contributed by atoms with E-state index in [4.69, 9.17) is 21.1 Å². The van der Waals surface area contributed by atoms with E-state index in [9.17, 15) is 9.59 Å². The summed E-state index contributed by atoms with van der Waals surface area (Å²) in [5, 5.41) is 4.30. The Hall–Kier alpha value is -2.86. The SMILES string of the molecule is COc1cc(/C=N/NC(C)=O)ccc1OC(=O)c1ccc(Cl)cc1. The molecule has 2 rings (SSSR count). The standard InChI is InChI=1S/C17H15ClN2O4/c1-11(21)20-19-10-12-3-8-15(16(9-12)23-2)24-17(22)13-4-6-14(18)7-5-13/h3-10H,1-2H3,(H,20,21)/b19-10+. The fourth-order valence-corrected chi connectivity index (χ4v) is 1.92. The van der Waals surface area contributed by atoms with Crippen molar-refractivity contribution in [2.45, 2.75) is 6.92 Å². The van der Waals surface area contributed by atoms with Crippen LogP contribution >= 0.6 is 11.6 Å². The summed E-state index contributed by atoms with van der Waals surface area (Å²) in [7, 11) is 1.46. The second-order valence-corrected chi connectivity index (χ2v) is 5.17. The first-order chi connectivity index (χ1) is 11.5. The van der Waals surface area contributed by atoms with Crippen molar-refractivity contribution in [2.75, 3.05) is 7.11 Å². The highest BCUT2D eigenvalue weighted by molar-refractivity contribution is 6.30. The maximum absolute atomic E-state index is 12.1. The number of amides is 1. The van der Waals surface area contributed by atoms with Gasteiger partial charge in [0.25, 0.3) is 0 Å². The normalized spacial score (nSPS) is 10.5. The van der Waals surface area contributed by atoms with E-state index in [-0.39, 0.29) is 11.7 Å². The maximum Gasteiger partial charge on any atom is 0.343 e. The first kappa shape index (κ1) is 17.5. The smallest absolute Gasteiger partial charge is 0.343 e. The Kier molecular flexibility index (Phi) is 5.92. The lowest BCUT2D eigenvalue weighted by Gasteiger charge is -2.10. The number of hydrazone groups is 1. The van der Waals surface area contributed by atoms with Gasteiger partial charge in [-0.3, -0.25) is 4.79 Å². The molecular weight excluding hydrogens is 332 g/mol. The summed E-state index contributed by atoms with van der Waals surface area (Å²) >= 11 is 5.79. The van der Waals surface area contributed by atoms with Crippen molar-refractivity contribution >= 4 is 29.7 Å². The summed E-state index contributed by atoms with van der Waals surface area (Å²) < 4.78 is 10.6. The molecule has 2 aromatic rings. The number of carbonyl (C=O) groups is 2. The zero-order chi connectivity index (χ0) is 17.5. The van der Waals surface area contributed by atoms with Crippen LogP contribution < -0.4 is 14.9 Å². The number of nitrogens with zero attached hydrogens (tertiary/aromatic N) is 1. The second kappa shape index (κ2) is 8.12. The minimum Gasteiger partial charge on any atom is -0.493 e. The monoisotopic (exact) mass is 346 g/mol. The van der Waals surface area contributed by atoms with E-state index >= 15 is 0 Å². The van der Waals surface area contributed by atoms with Crippen LogP contribution in [0.2, 0.25) is 5.02 Å². The van der Waals surface area contributed by atoms with Crippen LogP contribution in [0, 0.1) is 0 Å². The number of nitrogens with one attached hydrogen (secondary N) is 1. The lowest BCUT2D eigenvalue weighted by molar-refractivity contribution is -0.118. The third-order valence-corrected chi connectivity index (χ3v) is 3.16. The van der Waals surface area contributed by atoms with E-state index in [1.54, 1.807) is 42.5 Å². The summed E-state index contributed by atoms with van der Waals surface area (Å²) in [4.78, 5) is 22.9. The molecule has 124 valence electrons. The maximum atomic E-state index is 12.1. The van der Waals surface area contributed by atoms with Crippen LogP contribution in [0.5, 0.6) is 11.5 Å². The Bertz CT molecular complexity index is 773. The van der Waals surface area contributed by atoms with Gasteiger partial charge in [-0.25, -0.2) is 10.2 Å². The average Bonchev–Trinajstić information content (AvgIpc) is 2.56. The third-order valence-electron chi connectivity index (χ3n) is 2.91. The molecule has 0 saturated heterocycles. The number of ether oxygens (including phenoxy) is 2. The molecule has 0 aromatic heterocycles. The first-order valence-electron chi connectivity index (χ1n) is 6.95. The number of methoxy groups -OCH3 is 1. The fraction of sp³-hybridized carbons (Fsp3) is 0.118. The number of rotatable bonds is 5. The summed E-state index contributed by atoms with van der Waals surface area (Å²) in [6, 6.07) is 11.3. The number of esters is 1. The Balaban J connectivity index is 2.15. The quantitative estimate of drug-likeness (QED) is 0.391. The predicted octanol–water partition coefficient (Wildman–Crippen LogP) is 3.04. The minimum atomic E-state index is -0.523. The van der Waals surface area contributed by atoms with Crippen molar-refractivity contribution < 1.29 is 19.1 Å². The summed E-state index contributed by atoms with van der Waals surface area (Å²) in [6.07, 6.45) is 1.45. The van der Waals surface area contributed by atoms with E-state index in [2.05, 4.69) is 10.5 Å². The van der Waals surface area contributed by atoms with Crippen LogP contribution in [0.25, 0.3) is 0 Å². The zero-order valence-corrected chi connectivity index (χ0v) is 13.8. The molecule has 0 bridgehead atoms. The molecule has 0 aliphatic rings. The van der Waals surface area contributed by atoms with Crippen LogP contribution in [0.4, 0.5) is 0 Å². The predicted molar refractivity (Wildman–Crippen MR) is 90.8 cm³/mol. The van der Waals surface area contributed by atoms with E-state index in [1.165, 1.54) is 20.2 Å². The van der Waals surface area contributed by atoms with Crippen LogP contribution in [-0.4, -0.2) is 25.2 Å². The summed E-state index contributed by atoms with van der Waals surface area (Å²) in [6.45, 7) is 1.36. The number of carbonyl (C=O) groups excluding carboxylic acids is 2. The van der Waals surface area contributed by atoms with E-state index < -0.39 is 5.97 Å². The third kappa shape index (κ3) is 4.82. The van der Waals surface area contributed by atoms with Crippen molar-refractivity contribution in [1.82, 2.24) is 5.43 Å². The lowest BCUT2D eigenvalue weighted by Crippen LogP contribution is -2.12. The fourth-order valence-electron chi connectivity index (χ4n) is 1.79. The number of benzene rings is 2. The largest absolute Gasteiger partial charge is 0.493 e. The number of hydrogen-bond acceptors (Lipinski definition) is 5. The van der Waals surface area contributed by atoms with Gasteiger partial charge in [-0.05, 0) is 48.0 Å². The molecule has 1 N–H and O–H groups in total. The van der Waals surface area contributed by atoms with Crippen molar-refractivity contribution in [3.05, 3.63) is 58.6 Å². The lowest BCUT2D eigenvalue weighted by atomic mass is 10.2. The molecule has 24 heavy (non-hydrogen) atoms. The van der Waals surface area contributed by atoms with Crippen molar-refractivity contribution in [1.29, 1.82) is 0 Å². The molecule has 0 radical (unpaired) electrons. The molecule has 0 saturated carbocycles. The number of hydrogen-bond donors (Lipinski definition) is 1. The topological polar surface area (TPSA) is 77.0 Å². The molecule has 0 aliphatic carbocycles. The Morgan fingerprint density at radius 2 is 1.83 bits per heavy atom. The van der Waals surface area contributed by atoms with Gasteiger partial charge >= 0.3 is 5.97 Å². The van der Waals surface area contributed by atoms with Gasteiger partial charge in [0, 0.05) is 11.9 Å². The van der Waals surface area contributed by atoms with Crippen LogP contribution in [-0.2, 0) is 4.79 Å². The Morgan fingerprint density at radius 1 is 1.12 bits per heavy atom. The molecule has 0 aliphatic heterocycles. The zero-order valence-electron chi connectivity index (χ0n) is 13.1. The van der Waals surface area contributed by atoms with Gasteiger partial charge in [-0.15, -0.1) is 0 Å². The minimum absolute atomic E-state index is 0.272. The molecule has 0 fully saturated rings. The highest BCUT2D eigenvalue weighted by atomic mass is 35.5. The highest BCUT2D eigenvalue weighted by Crippen LogP contribution is 2.28. The van der Waals surface area contributed by atoms with Crippen LogP contribution in [0.1, 0.15) is 22.8 Å². The van der Waals surface area contributed by atoms with Gasteiger partial charge in [0.1, 0.15) is 0 Å². The molecule has 6 nitrogen and oxygen atoms in total. The Morgan fingerprint density at radius 3 is 2.46 bits per heavy atom. The molecule has 0 atom stereocenters. The summed E-state index contributed by atoms with van der Waals surface area (Å²) in [5.41, 5.74) is 3.34. The van der Waals surface area contributed by atoms with Gasteiger partial charge in [0.15, 0.2) is 11.5 Å². The van der Waals surface area contributed by atoms with Gasteiger partial charge in [0.05, 0.1) is 18.9 Å². The average molecular weight is 347 g/mol. The highest BCUT2D eigenvalue weighted by Gasteiger charge is 2.12. The van der Waals surface area contributed by atoms with Crippen molar-refractivity contribution in [2.24, 2.45) is 5.10 Å². The van der Waals surface area contributed by atoms with Crippen LogP contribution in [0.15, 0.2) is 47.6 Å². The van der Waals surface area contributed by atoms with Gasteiger partial charge in [-0.2, -0.15) is 5.10 Å². The van der Waals surface area contributed by atoms with E-state index in [1.807, 2.05) is 0 Å². The summed E-state index contributed by atoms with van der Waals surface area (Å²) in [5.74, 6) is -0.158. The van der Waals surface area contributed by atoms with Crippen molar-refractivity contribution in [3.8, 4) is 11.5 Å². The molecule has 2 aromatic carbocycles. The molecule has 0 unspecified atom stereocenters. The number of halogens is 1. The van der Waals surface area contributed by atoms with Gasteiger partial charge in [0.2, 0.25) is 5.91 Å². The first-order valence-corrected chi connectivity index (χ1v) is 7.33. The van der Waals surface area contributed by atoms with E-state index in [0.717, 1.165) is 0 Å².